The maximum absolute atomic E-state index is 12.6. The molecule has 1 N–H and O–H groups in total. The Morgan fingerprint density at radius 2 is 1.57 bits per heavy atom. The van der Waals surface area contributed by atoms with Gasteiger partial charge in [-0.25, -0.2) is 4.79 Å². The van der Waals surface area contributed by atoms with Gasteiger partial charge in [0.15, 0.2) is 6.61 Å². The van der Waals surface area contributed by atoms with Crippen molar-refractivity contribution in [2.75, 3.05) is 32.2 Å². The van der Waals surface area contributed by atoms with Crippen molar-refractivity contribution in [3.05, 3.63) is 59.2 Å². The monoisotopic (exact) mass is 385 g/mol. The van der Waals surface area contributed by atoms with Crippen molar-refractivity contribution in [2.24, 2.45) is 0 Å². The molecule has 28 heavy (non-hydrogen) atoms. The summed E-state index contributed by atoms with van der Waals surface area (Å²) in [6.45, 7) is 4.47. The van der Waals surface area contributed by atoms with Crippen LogP contribution in [0.3, 0.4) is 0 Å². The van der Waals surface area contributed by atoms with Crippen molar-refractivity contribution >= 4 is 17.6 Å². The van der Waals surface area contributed by atoms with E-state index in [1.165, 1.54) is 7.11 Å². The SMILES string of the molecule is CCc1cccc(CC)c1NC(=O)c1ccc(OCC(=O)OCCOC)cc1. The van der Waals surface area contributed by atoms with Crippen molar-refractivity contribution < 1.29 is 23.8 Å². The molecular formula is C22H27NO5. The maximum Gasteiger partial charge on any atom is 0.344 e. The molecule has 2 aromatic carbocycles. The molecule has 0 bridgehead atoms. The molecule has 0 heterocycles. The molecule has 0 aliphatic carbocycles. The fraction of sp³-hybridized carbons (Fsp3) is 0.364. The number of esters is 1. The summed E-state index contributed by atoms with van der Waals surface area (Å²) in [6.07, 6.45) is 1.69. The van der Waals surface area contributed by atoms with Crippen molar-refractivity contribution in [1.29, 1.82) is 0 Å². The number of methoxy groups -OCH3 is 1. The molecule has 0 spiro atoms. The first-order chi connectivity index (χ1) is 13.6. The molecule has 0 aliphatic heterocycles. The van der Waals surface area contributed by atoms with E-state index in [1.54, 1.807) is 24.3 Å². The summed E-state index contributed by atoms with van der Waals surface area (Å²) in [5.74, 6) is -0.160. The molecule has 0 aliphatic rings. The number of hydrogen-bond acceptors (Lipinski definition) is 5. The fourth-order valence-corrected chi connectivity index (χ4v) is 2.71. The lowest BCUT2D eigenvalue weighted by Crippen LogP contribution is -2.17. The summed E-state index contributed by atoms with van der Waals surface area (Å²) in [4.78, 5) is 24.2. The van der Waals surface area contributed by atoms with E-state index in [-0.39, 0.29) is 19.1 Å². The molecule has 0 atom stereocenters. The van der Waals surface area contributed by atoms with Crippen LogP contribution in [0.4, 0.5) is 5.69 Å². The van der Waals surface area contributed by atoms with Crippen LogP contribution in [0.2, 0.25) is 0 Å². The van der Waals surface area contributed by atoms with Gasteiger partial charge in [-0.3, -0.25) is 4.79 Å². The van der Waals surface area contributed by atoms with E-state index in [0.29, 0.717) is 17.9 Å². The third-order valence-corrected chi connectivity index (χ3v) is 4.26. The Morgan fingerprint density at radius 1 is 0.929 bits per heavy atom. The van der Waals surface area contributed by atoms with E-state index in [9.17, 15) is 9.59 Å². The highest BCUT2D eigenvalue weighted by Crippen LogP contribution is 2.23. The molecule has 0 fully saturated rings. The Labute approximate surface area is 165 Å². The summed E-state index contributed by atoms with van der Waals surface area (Å²) < 4.78 is 15.1. The van der Waals surface area contributed by atoms with Gasteiger partial charge in [-0.1, -0.05) is 32.0 Å². The second-order valence-electron chi connectivity index (χ2n) is 6.14. The quantitative estimate of drug-likeness (QED) is 0.499. The van der Waals surface area contributed by atoms with Gasteiger partial charge < -0.3 is 19.5 Å². The Bertz CT molecular complexity index is 764. The average molecular weight is 385 g/mol. The number of hydrogen-bond donors (Lipinski definition) is 1. The molecule has 6 nitrogen and oxygen atoms in total. The van der Waals surface area contributed by atoms with Crippen LogP contribution < -0.4 is 10.1 Å². The first-order valence-electron chi connectivity index (χ1n) is 9.38. The van der Waals surface area contributed by atoms with Crippen LogP contribution in [0.5, 0.6) is 5.75 Å². The second kappa shape index (κ2) is 11.1. The number of carbonyl (C=O) groups is 2. The number of aryl methyl sites for hydroxylation is 2. The minimum atomic E-state index is -0.470. The average Bonchev–Trinajstić information content (AvgIpc) is 2.72. The van der Waals surface area contributed by atoms with Crippen LogP contribution in [0, 0.1) is 0 Å². The molecule has 6 heteroatoms. The van der Waals surface area contributed by atoms with Crippen LogP contribution in [-0.4, -0.2) is 38.8 Å². The number of nitrogens with one attached hydrogen (secondary N) is 1. The van der Waals surface area contributed by atoms with Gasteiger partial charge in [-0.15, -0.1) is 0 Å². The zero-order valence-corrected chi connectivity index (χ0v) is 16.6. The largest absolute Gasteiger partial charge is 0.482 e. The predicted octanol–water partition coefficient (Wildman–Crippen LogP) is 3.63. The highest BCUT2D eigenvalue weighted by Gasteiger charge is 2.12. The third kappa shape index (κ3) is 6.09. The number of ether oxygens (including phenoxy) is 3. The van der Waals surface area contributed by atoms with Crippen LogP contribution in [-0.2, 0) is 27.1 Å². The molecule has 0 unspecified atom stereocenters. The summed E-state index contributed by atoms with van der Waals surface area (Å²) in [5, 5.41) is 3.03. The molecule has 0 saturated carbocycles. The first kappa shape index (κ1) is 21.4. The summed E-state index contributed by atoms with van der Waals surface area (Å²) >= 11 is 0. The van der Waals surface area contributed by atoms with Crippen molar-refractivity contribution in [2.45, 2.75) is 26.7 Å². The molecule has 2 aromatic rings. The maximum atomic E-state index is 12.6. The first-order valence-corrected chi connectivity index (χ1v) is 9.38. The van der Waals surface area contributed by atoms with Gasteiger partial charge in [0.25, 0.3) is 5.91 Å². The molecular weight excluding hydrogens is 358 g/mol. The van der Waals surface area contributed by atoms with E-state index in [0.717, 1.165) is 29.7 Å². The molecule has 150 valence electrons. The lowest BCUT2D eigenvalue weighted by atomic mass is 10.0. The highest BCUT2D eigenvalue weighted by atomic mass is 16.6. The number of para-hydroxylation sites is 1. The zero-order valence-electron chi connectivity index (χ0n) is 16.6. The normalized spacial score (nSPS) is 10.4. The topological polar surface area (TPSA) is 73.9 Å². The van der Waals surface area contributed by atoms with Gasteiger partial charge in [-0.05, 0) is 48.2 Å². The predicted molar refractivity (Wildman–Crippen MR) is 108 cm³/mol. The van der Waals surface area contributed by atoms with Gasteiger partial charge >= 0.3 is 5.97 Å². The zero-order chi connectivity index (χ0) is 20.4. The van der Waals surface area contributed by atoms with Gasteiger partial charge in [0.1, 0.15) is 12.4 Å². The summed E-state index contributed by atoms with van der Waals surface area (Å²) in [7, 11) is 1.53. The Balaban J connectivity index is 1.96. The van der Waals surface area contributed by atoms with E-state index in [1.807, 2.05) is 18.2 Å². The number of rotatable bonds is 10. The lowest BCUT2D eigenvalue weighted by molar-refractivity contribution is -0.147. The number of amides is 1. The van der Waals surface area contributed by atoms with Crippen molar-refractivity contribution in [3.63, 3.8) is 0 Å². The number of carbonyl (C=O) groups excluding carboxylic acids is 2. The van der Waals surface area contributed by atoms with Crippen LogP contribution in [0.25, 0.3) is 0 Å². The molecule has 0 aromatic heterocycles. The second-order valence-corrected chi connectivity index (χ2v) is 6.14. The molecule has 2 rings (SSSR count). The fourth-order valence-electron chi connectivity index (χ4n) is 2.71. The minimum Gasteiger partial charge on any atom is -0.482 e. The smallest absolute Gasteiger partial charge is 0.344 e. The highest BCUT2D eigenvalue weighted by molar-refractivity contribution is 6.05. The van der Waals surface area contributed by atoms with Gasteiger partial charge in [0.05, 0.1) is 6.61 Å². The summed E-state index contributed by atoms with van der Waals surface area (Å²) in [5.41, 5.74) is 3.62. The van der Waals surface area contributed by atoms with Crippen LogP contribution in [0.1, 0.15) is 35.3 Å². The third-order valence-electron chi connectivity index (χ3n) is 4.26. The van der Waals surface area contributed by atoms with Crippen molar-refractivity contribution in [1.82, 2.24) is 0 Å². The number of benzene rings is 2. The van der Waals surface area contributed by atoms with Crippen LogP contribution in [0.15, 0.2) is 42.5 Å². The van der Waals surface area contributed by atoms with E-state index in [2.05, 4.69) is 19.2 Å². The van der Waals surface area contributed by atoms with Gasteiger partial charge in [0.2, 0.25) is 0 Å². The molecule has 1 amide bonds. The summed E-state index contributed by atoms with van der Waals surface area (Å²) in [6, 6.07) is 12.7. The Hall–Kier alpha value is -2.86. The number of anilines is 1. The lowest BCUT2D eigenvalue weighted by Gasteiger charge is -2.14. The minimum absolute atomic E-state index is 0.180. The van der Waals surface area contributed by atoms with Gasteiger partial charge in [0, 0.05) is 18.4 Å². The van der Waals surface area contributed by atoms with E-state index >= 15 is 0 Å². The van der Waals surface area contributed by atoms with Gasteiger partial charge in [-0.2, -0.15) is 0 Å². The van der Waals surface area contributed by atoms with E-state index < -0.39 is 5.97 Å². The standard InChI is InChI=1S/C22H27NO5/c1-4-16-7-6-8-17(5-2)21(16)23-22(25)18-9-11-19(12-10-18)28-15-20(24)27-14-13-26-3/h6-12H,4-5,13-15H2,1-3H3,(H,23,25). The van der Waals surface area contributed by atoms with Crippen molar-refractivity contribution in [3.8, 4) is 5.75 Å². The molecule has 0 radical (unpaired) electrons. The van der Waals surface area contributed by atoms with E-state index in [4.69, 9.17) is 14.2 Å². The molecule has 0 saturated heterocycles. The Morgan fingerprint density at radius 3 is 2.14 bits per heavy atom. The Kier molecular flexibility index (Phi) is 8.49. The van der Waals surface area contributed by atoms with Crippen LogP contribution >= 0.6 is 0 Å².